The molecule has 0 aliphatic carbocycles. The van der Waals surface area contributed by atoms with E-state index in [2.05, 4.69) is 81.4 Å². The van der Waals surface area contributed by atoms with Crippen LogP contribution in [0.25, 0.3) is 0 Å². The zero-order valence-corrected chi connectivity index (χ0v) is 15.0. The highest BCUT2D eigenvalue weighted by atomic mass is 31.1. The van der Waals surface area contributed by atoms with Gasteiger partial charge in [0.1, 0.15) is 6.61 Å². The van der Waals surface area contributed by atoms with Crippen LogP contribution >= 0.6 is 7.92 Å². The molecule has 1 unspecified atom stereocenters. The van der Waals surface area contributed by atoms with Gasteiger partial charge in [-0.15, -0.1) is 0 Å². The summed E-state index contributed by atoms with van der Waals surface area (Å²) in [5.41, 5.74) is 0.157. The van der Waals surface area contributed by atoms with Gasteiger partial charge in [-0.3, -0.25) is 0 Å². The third kappa shape index (κ3) is 4.00. The van der Waals surface area contributed by atoms with Crippen LogP contribution in [0.15, 0.2) is 65.7 Å². The van der Waals surface area contributed by atoms with E-state index in [9.17, 15) is 0 Å². The van der Waals surface area contributed by atoms with E-state index in [4.69, 9.17) is 9.73 Å². The summed E-state index contributed by atoms with van der Waals surface area (Å²) in [6.07, 6.45) is 0.885. The number of hydrogen-bond donors (Lipinski definition) is 0. The molecule has 0 bridgehead atoms. The molecule has 3 rings (SSSR count). The lowest BCUT2D eigenvalue weighted by Gasteiger charge is -2.22. The van der Waals surface area contributed by atoms with Crippen LogP contribution in [0.1, 0.15) is 20.8 Å². The summed E-state index contributed by atoms with van der Waals surface area (Å²) in [7, 11) is -0.473. The molecule has 2 nitrogen and oxygen atoms in total. The first-order chi connectivity index (χ1) is 11.0. The van der Waals surface area contributed by atoms with Gasteiger partial charge in [0.05, 0.1) is 12.2 Å². The first-order valence-corrected chi connectivity index (χ1v) is 9.64. The fourth-order valence-corrected chi connectivity index (χ4v) is 4.81. The smallest absolute Gasteiger partial charge is 0.188 e. The van der Waals surface area contributed by atoms with Gasteiger partial charge in [0.2, 0.25) is 0 Å². The fraction of sp³-hybridized carbons (Fsp3) is 0.350. The van der Waals surface area contributed by atoms with Crippen LogP contribution < -0.4 is 10.6 Å². The van der Waals surface area contributed by atoms with E-state index in [-0.39, 0.29) is 11.5 Å². The second-order valence-electron chi connectivity index (χ2n) is 6.97. The van der Waals surface area contributed by atoms with Crippen molar-refractivity contribution in [2.45, 2.75) is 26.8 Å². The van der Waals surface area contributed by atoms with E-state index in [1.807, 2.05) is 0 Å². The summed E-state index contributed by atoms with van der Waals surface area (Å²) in [6.45, 7) is 7.39. The second kappa shape index (κ2) is 6.84. The van der Waals surface area contributed by atoms with Crippen molar-refractivity contribution in [2.24, 2.45) is 10.4 Å². The molecule has 3 heteroatoms. The van der Waals surface area contributed by atoms with Gasteiger partial charge in [-0.1, -0.05) is 81.4 Å². The van der Waals surface area contributed by atoms with Crippen LogP contribution in [-0.4, -0.2) is 24.7 Å². The van der Waals surface area contributed by atoms with Gasteiger partial charge in [0.15, 0.2) is 5.90 Å². The highest BCUT2D eigenvalue weighted by Gasteiger charge is 2.31. The Hall–Kier alpha value is -1.66. The summed E-state index contributed by atoms with van der Waals surface area (Å²) in [5, 5.41) is 2.75. The van der Waals surface area contributed by atoms with Crippen molar-refractivity contribution >= 4 is 24.4 Å². The monoisotopic (exact) mass is 325 g/mol. The Morgan fingerprint density at radius 3 is 1.91 bits per heavy atom. The highest BCUT2D eigenvalue weighted by Crippen LogP contribution is 2.35. The quantitative estimate of drug-likeness (QED) is 0.780. The standard InChI is InChI=1S/C20H24NOP/c1-20(2,3)18-14-22-19(21-18)15-23(16-10-6-4-7-11-16)17-12-8-5-9-13-17/h4-13,18H,14-15H2,1-3H3. The average molecular weight is 325 g/mol. The Balaban J connectivity index is 1.86. The van der Waals surface area contributed by atoms with Crippen molar-refractivity contribution in [2.75, 3.05) is 12.8 Å². The number of benzene rings is 2. The molecule has 1 aliphatic rings. The maximum atomic E-state index is 5.93. The molecule has 0 saturated carbocycles. The number of nitrogens with zero attached hydrogens (tertiary/aromatic N) is 1. The lowest BCUT2D eigenvalue weighted by Crippen LogP contribution is -2.25. The fourth-order valence-electron chi connectivity index (χ4n) is 2.64. The van der Waals surface area contributed by atoms with Crippen molar-refractivity contribution in [3.8, 4) is 0 Å². The van der Waals surface area contributed by atoms with Crippen LogP contribution in [0.4, 0.5) is 0 Å². The van der Waals surface area contributed by atoms with E-state index in [1.165, 1.54) is 10.6 Å². The number of rotatable bonds is 4. The Kier molecular flexibility index (Phi) is 4.82. The molecule has 23 heavy (non-hydrogen) atoms. The second-order valence-corrected chi connectivity index (χ2v) is 9.18. The van der Waals surface area contributed by atoms with Crippen LogP contribution in [0.2, 0.25) is 0 Å². The molecule has 2 aromatic rings. The lowest BCUT2D eigenvalue weighted by atomic mass is 9.88. The SMILES string of the molecule is CC(C)(C)C1COC(CP(c2ccccc2)c2ccccc2)=N1. The van der Waals surface area contributed by atoms with Gasteiger partial charge >= 0.3 is 0 Å². The van der Waals surface area contributed by atoms with Gasteiger partial charge in [0, 0.05) is 0 Å². The molecule has 120 valence electrons. The number of hydrogen-bond acceptors (Lipinski definition) is 2. The van der Waals surface area contributed by atoms with Gasteiger partial charge in [-0.05, 0) is 23.9 Å². The van der Waals surface area contributed by atoms with Crippen LogP contribution in [0.3, 0.4) is 0 Å². The number of ether oxygens (including phenoxy) is 1. The van der Waals surface area contributed by atoms with Crippen LogP contribution in [-0.2, 0) is 4.74 Å². The van der Waals surface area contributed by atoms with E-state index in [1.54, 1.807) is 0 Å². The molecule has 2 aromatic carbocycles. The maximum absolute atomic E-state index is 5.93. The van der Waals surface area contributed by atoms with Gasteiger partial charge in [-0.2, -0.15) is 0 Å². The van der Waals surface area contributed by atoms with Crippen molar-refractivity contribution in [3.05, 3.63) is 60.7 Å². The molecule has 0 saturated heterocycles. The Labute approximate surface area is 140 Å². The first-order valence-electron chi connectivity index (χ1n) is 8.11. The molecule has 1 atom stereocenters. The Bertz CT molecular complexity index is 622. The summed E-state index contributed by atoms with van der Waals surface area (Å²) >= 11 is 0. The third-order valence-electron chi connectivity index (χ3n) is 4.14. The topological polar surface area (TPSA) is 21.6 Å². The molecule has 0 N–H and O–H groups in total. The molecule has 1 heterocycles. The van der Waals surface area contributed by atoms with E-state index < -0.39 is 7.92 Å². The van der Waals surface area contributed by atoms with Crippen molar-refractivity contribution < 1.29 is 4.74 Å². The van der Waals surface area contributed by atoms with Crippen LogP contribution in [0.5, 0.6) is 0 Å². The van der Waals surface area contributed by atoms with Gasteiger partial charge in [0.25, 0.3) is 0 Å². The Morgan fingerprint density at radius 2 is 1.48 bits per heavy atom. The van der Waals surface area contributed by atoms with Crippen molar-refractivity contribution in [1.29, 1.82) is 0 Å². The van der Waals surface area contributed by atoms with E-state index in [0.717, 1.165) is 12.1 Å². The molecule has 0 radical (unpaired) electrons. The normalized spacial score (nSPS) is 17.9. The van der Waals surface area contributed by atoms with E-state index in [0.29, 0.717) is 6.61 Å². The third-order valence-corrected chi connectivity index (χ3v) is 6.57. The summed E-state index contributed by atoms with van der Waals surface area (Å²) in [4.78, 5) is 4.86. The molecule has 0 amide bonds. The van der Waals surface area contributed by atoms with Crippen molar-refractivity contribution in [1.82, 2.24) is 0 Å². The molecule has 0 fully saturated rings. The van der Waals surface area contributed by atoms with Crippen LogP contribution in [0, 0.1) is 5.41 Å². The van der Waals surface area contributed by atoms with Crippen molar-refractivity contribution in [3.63, 3.8) is 0 Å². The highest BCUT2D eigenvalue weighted by molar-refractivity contribution is 7.73. The molecule has 1 aliphatic heterocycles. The molecular formula is C20H24NOP. The predicted octanol–water partition coefficient (Wildman–Crippen LogP) is 3.96. The molecule has 0 spiro atoms. The summed E-state index contributed by atoms with van der Waals surface area (Å²) in [5.74, 6) is 0.920. The first kappa shape index (κ1) is 16.2. The lowest BCUT2D eigenvalue weighted by molar-refractivity contribution is 0.235. The van der Waals surface area contributed by atoms with Gasteiger partial charge in [-0.25, -0.2) is 4.99 Å². The largest absolute Gasteiger partial charge is 0.478 e. The predicted molar refractivity (Wildman–Crippen MR) is 101 cm³/mol. The van der Waals surface area contributed by atoms with Gasteiger partial charge < -0.3 is 4.74 Å². The Morgan fingerprint density at radius 1 is 0.957 bits per heavy atom. The van der Waals surface area contributed by atoms with E-state index >= 15 is 0 Å². The minimum atomic E-state index is -0.473. The minimum absolute atomic E-state index is 0.157. The number of aliphatic imine (C=N–C) groups is 1. The zero-order chi connectivity index (χ0) is 16.3. The molecular weight excluding hydrogens is 301 g/mol. The minimum Gasteiger partial charge on any atom is -0.478 e. The molecule has 0 aromatic heterocycles. The maximum Gasteiger partial charge on any atom is 0.188 e. The summed E-state index contributed by atoms with van der Waals surface area (Å²) in [6, 6.07) is 21.7. The summed E-state index contributed by atoms with van der Waals surface area (Å²) < 4.78 is 5.93. The zero-order valence-electron chi connectivity index (χ0n) is 14.1. The average Bonchev–Trinajstić information content (AvgIpc) is 3.03.